The monoisotopic (exact) mass is 479 g/mol. The molecule has 0 spiro atoms. The molecule has 2 aromatic carbocycles. The molecule has 2 amide bonds. The van der Waals surface area contributed by atoms with Crippen molar-refractivity contribution >= 4 is 12.0 Å². The number of carbonyl (C=O) groups excluding carboxylic acids is 2. The first-order valence-electron chi connectivity index (χ1n) is 11.9. The minimum absolute atomic E-state index is 0.227. The third-order valence-electron chi connectivity index (χ3n) is 6.60. The summed E-state index contributed by atoms with van der Waals surface area (Å²) in [7, 11) is 3.09. The maximum atomic E-state index is 13.2. The summed E-state index contributed by atoms with van der Waals surface area (Å²) in [6, 6.07) is 12.9. The molecule has 1 saturated heterocycles. The second-order valence-electron chi connectivity index (χ2n) is 8.86. The summed E-state index contributed by atoms with van der Waals surface area (Å²) in [5.74, 6) is 0.917. The molecule has 2 N–H and O–H groups in total. The van der Waals surface area contributed by atoms with Gasteiger partial charge in [-0.2, -0.15) is 0 Å². The van der Waals surface area contributed by atoms with Gasteiger partial charge in [-0.1, -0.05) is 42.0 Å². The maximum absolute atomic E-state index is 13.2. The van der Waals surface area contributed by atoms with Crippen molar-refractivity contribution in [3.63, 3.8) is 0 Å². The normalized spacial score (nSPS) is 20.3. The Balaban J connectivity index is 1.67. The molecule has 2 aromatic rings. The van der Waals surface area contributed by atoms with E-state index in [1.54, 1.807) is 26.2 Å². The van der Waals surface area contributed by atoms with Crippen LogP contribution in [0.3, 0.4) is 0 Å². The Morgan fingerprint density at radius 2 is 1.89 bits per heavy atom. The summed E-state index contributed by atoms with van der Waals surface area (Å²) in [4.78, 5) is 28.2. The van der Waals surface area contributed by atoms with Crippen LogP contribution < -0.4 is 20.1 Å². The van der Waals surface area contributed by atoms with Crippen LogP contribution in [0.25, 0.3) is 0 Å². The Labute approximate surface area is 206 Å². The zero-order valence-corrected chi connectivity index (χ0v) is 20.7. The zero-order chi connectivity index (χ0) is 24.9. The Kier molecular flexibility index (Phi) is 7.60. The maximum Gasteiger partial charge on any atom is 0.338 e. The molecule has 2 aliphatic rings. The van der Waals surface area contributed by atoms with Gasteiger partial charge in [0.05, 0.1) is 32.4 Å². The molecule has 0 saturated carbocycles. The lowest BCUT2D eigenvalue weighted by Gasteiger charge is -2.32. The molecule has 0 aromatic heterocycles. The van der Waals surface area contributed by atoms with Crippen LogP contribution in [0, 0.1) is 6.92 Å². The predicted molar refractivity (Wildman–Crippen MR) is 133 cm³/mol. The highest BCUT2D eigenvalue weighted by Crippen LogP contribution is 2.39. The highest BCUT2D eigenvalue weighted by atomic mass is 16.5. The van der Waals surface area contributed by atoms with E-state index in [9.17, 15) is 9.59 Å². The van der Waals surface area contributed by atoms with E-state index in [1.807, 2.05) is 6.07 Å². The van der Waals surface area contributed by atoms with Crippen LogP contribution in [0.4, 0.5) is 4.79 Å². The highest BCUT2D eigenvalue weighted by molar-refractivity contribution is 5.95. The van der Waals surface area contributed by atoms with Gasteiger partial charge in [0.2, 0.25) is 0 Å². The summed E-state index contributed by atoms with van der Waals surface area (Å²) in [6.07, 6.45) is 1.02. The summed E-state index contributed by atoms with van der Waals surface area (Å²) in [6.45, 7) is 6.23. The van der Waals surface area contributed by atoms with E-state index >= 15 is 0 Å². The highest BCUT2D eigenvalue weighted by Gasteiger charge is 2.37. The Morgan fingerprint density at radius 3 is 2.57 bits per heavy atom. The van der Waals surface area contributed by atoms with Crippen molar-refractivity contribution in [1.82, 2.24) is 15.5 Å². The fourth-order valence-electron chi connectivity index (χ4n) is 4.88. The molecule has 4 rings (SSSR count). The van der Waals surface area contributed by atoms with Crippen molar-refractivity contribution in [2.24, 2.45) is 0 Å². The smallest absolute Gasteiger partial charge is 0.338 e. The quantitative estimate of drug-likeness (QED) is 0.562. The molecule has 0 bridgehead atoms. The number of para-hydroxylation sites is 1. The SMILES string of the molecule is CCOC(=O)C1=C(CN2CC[C@@H](c3ccc(C)cc3)C2)NC(=O)N[C@H]1c1cccc(OC)c1OC. The van der Waals surface area contributed by atoms with Crippen LogP contribution in [-0.4, -0.2) is 57.4 Å². The van der Waals surface area contributed by atoms with Gasteiger partial charge in [0.25, 0.3) is 0 Å². The Bertz CT molecular complexity index is 1110. The molecule has 2 heterocycles. The van der Waals surface area contributed by atoms with Gasteiger partial charge < -0.3 is 24.8 Å². The van der Waals surface area contributed by atoms with E-state index in [0.29, 0.717) is 40.8 Å². The fourth-order valence-corrected chi connectivity index (χ4v) is 4.88. The molecule has 2 aliphatic heterocycles. The molecule has 1 fully saturated rings. The molecule has 0 aliphatic carbocycles. The molecule has 8 heteroatoms. The van der Waals surface area contributed by atoms with Crippen LogP contribution in [0.5, 0.6) is 11.5 Å². The van der Waals surface area contributed by atoms with Gasteiger partial charge in [-0.3, -0.25) is 4.90 Å². The number of nitrogens with one attached hydrogen (secondary N) is 2. The van der Waals surface area contributed by atoms with Crippen LogP contribution in [0.15, 0.2) is 53.7 Å². The molecule has 186 valence electrons. The van der Waals surface area contributed by atoms with Gasteiger partial charge in [0.1, 0.15) is 0 Å². The number of benzene rings is 2. The number of hydrogen-bond acceptors (Lipinski definition) is 6. The van der Waals surface area contributed by atoms with E-state index in [0.717, 1.165) is 19.5 Å². The second-order valence-corrected chi connectivity index (χ2v) is 8.86. The summed E-state index contributed by atoms with van der Waals surface area (Å²) >= 11 is 0. The van der Waals surface area contributed by atoms with E-state index in [1.165, 1.54) is 18.2 Å². The number of methoxy groups -OCH3 is 2. The largest absolute Gasteiger partial charge is 0.493 e. The van der Waals surface area contributed by atoms with E-state index in [2.05, 4.69) is 46.7 Å². The van der Waals surface area contributed by atoms with Crippen molar-refractivity contribution < 1.29 is 23.8 Å². The van der Waals surface area contributed by atoms with Crippen molar-refractivity contribution in [3.8, 4) is 11.5 Å². The number of aryl methyl sites for hydroxylation is 1. The van der Waals surface area contributed by atoms with Gasteiger partial charge in [-0.15, -0.1) is 0 Å². The number of hydrogen-bond donors (Lipinski definition) is 2. The van der Waals surface area contributed by atoms with Gasteiger partial charge in [-0.05, 0) is 44.4 Å². The first-order valence-corrected chi connectivity index (χ1v) is 11.9. The third kappa shape index (κ3) is 5.27. The van der Waals surface area contributed by atoms with E-state index in [4.69, 9.17) is 14.2 Å². The van der Waals surface area contributed by atoms with Gasteiger partial charge in [0, 0.05) is 24.4 Å². The third-order valence-corrected chi connectivity index (χ3v) is 6.60. The van der Waals surface area contributed by atoms with E-state index in [-0.39, 0.29) is 12.6 Å². The molecule has 2 atom stereocenters. The fraction of sp³-hybridized carbons (Fsp3) is 0.407. The number of rotatable bonds is 8. The number of esters is 1. The average molecular weight is 480 g/mol. The van der Waals surface area contributed by atoms with Crippen LogP contribution in [-0.2, 0) is 9.53 Å². The standard InChI is InChI=1S/C27H33N3O5/c1-5-35-26(31)23-21(16-30-14-13-19(15-30)18-11-9-17(2)10-12-18)28-27(32)29-24(23)20-7-6-8-22(33-3)25(20)34-4/h6-12,19,24H,5,13-16H2,1-4H3,(H2,28,29,32)/t19-,24+/m1/s1. The molecular formula is C27H33N3O5. The van der Waals surface area contributed by atoms with Crippen molar-refractivity contribution in [3.05, 3.63) is 70.4 Å². The number of ether oxygens (including phenoxy) is 3. The minimum atomic E-state index is -0.738. The zero-order valence-electron chi connectivity index (χ0n) is 20.7. The lowest BCUT2D eigenvalue weighted by atomic mass is 9.93. The van der Waals surface area contributed by atoms with Gasteiger partial charge in [-0.25, -0.2) is 9.59 Å². The predicted octanol–water partition coefficient (Wildman–Crippen LogP) is 3.67. The van der Waals surface area contributed by atoms with Crippen LogP contribution in [0.2, 0.25) is 0 Å². The van der Waals surface area contributed by atoms with Crippen molar-refractivity contribution in [2.75, 3.05) is 40.5 Å². The Morgan fingerprint density at radius 1 is 1.11 bits per heavy atom. The lowest BCUT2D eigenvalue weighted by molar-refractivity contribution is -0.139. The molecule has 35 heavy (non-hydrogen) atoms. The Hall–Kier alpha value is -3.52. The first-order chi connectivity index (χ1) is 16.9. The molecule has 0 unspecified atom stereocenters. The number of urea groups is 1. The second kappa shape index (κ2) is 10.8. The lowest BCUT2D eigenvalue weighted by Crippen LogP contribution is -2.48. The summed E-state index contributed by atoms with van der Waals surface area (Å²) in [5.41, 5.74) is 4.10. The first kappa shape index (κ1) is 24.6. The number of likely N-dealkylation sites (tertiary alicyclic amines) is 1. The molecule has 8 nitrogen and oxygen atoms in total. The minimum Gasteiger partial charge on any atom is -0.493 e. The van der Waals surface area contributed by atoms with Gasteiger partial charge >= 0.3 is 12.0 Å². The number of carbonyl (C=O) groups is 2. The number of nitrogens with zero attached hydrogens (tertiary/aromatic N) is 1. The van der Waals surface area contributed by atoms with E-state index < -0.39 is 12.0 Å². The van der Waals surface area contributed by atoms with Crippen LogP contribution >= 0.6 is 0 Å². The van der Waals surface area contributed by atoms with Crippen molar-refractivity contribution in [1.29, 1.82) is 0 Å². The summed E-state index contributed by atoms with van der Waals surface area (Å²) in [5, 5.41) is 5.76. The number of amides is 2. The average Bonchev–Trinajstić information content (AvgIpc) is 3.32. The van der Waals surface area contributed by atoms with Crippen molar-refractivity contribution in [2.45, 2.75) is 32.2 Å². The molecule has 0 radical (unpaired) electrons. The molecular weight excluding hydrogens is 446 g/mol. The summed E-state index contributed by atoms with van der Waals surface area (Å²) < 4.78 is 16.5. The van der Waals surface area contributed by atoms with Crippen LogP contribution in [0.1, 0.15) is 42.0 Å². The van der Waals surface area contributed by atoms with Gasteiger partial charge in [0.15, 0.2) is 11.5 Å². The topological polar surface area (TPSA) is 89.1 Å².